The average Bonchev–Trinajstić information content (AvgIpc) is 2.92. The van der Waals surface area contributed by atoms with Gasteiger partial charge < -0.3 is 10.1 Å². The van der Waals surface area contributed by atoms with Gasteiger partial charge in [0.15, 0.2) is 0 Å². The minimum atomic E-state index is -0.326. The number of nitrogens with one attached hydrogen (secondary N) is 1. The molecule has 0 spiro atoms. The molecule has 4 heteroatoms. The Morgan fingerprint density at radius 1 is 1.33 bits per heavy atom. The van der Waals surface area contributed by atoms with Crippen LogP contribution in [0.2, 0.25) is 0 Å². The minimum absolute atomic E-state index is 0.326. The van der Waals surface area contributed by atoms with E-state index >= 15 is 0 Å². The summed E-state index contributed by atoms with van der Waals surface area (Å²) in [6.45, 7) is 2.99. The van der Waals surface area contributed by atoms with Gasteiger partial charge in [0, 0.05) is 29.2 Å². The van der Waals surface area contributed by atoms with Crippen molar-refractivity contribution in [2.75, 3.05) is 11.9 Å². The second-order valence-corrected chi connectivity index (χ2v) is 5.13. The zero-order chi connectivity index (χ0) is 14.4. The highest BCUT2D eigenvalue weighted by Gasteiger charge is 2.17. The first-order valence-corrected chi connectivity index (χ1v) is 7.03. The normalized spacial score (nSPS) is 12.6. The molecule has 0 fully saturated rings. The molecule has 1 aromatic heterocycles. The lowest BCUT2D eigenvalue weighted by atomic mass is 10.00. The van der Waals surface area contributed by atoms with Crippen molar-refractivity contribution < 1.29 is 9.53 Å². The maximum Gasteiger partial charge on any atom is 0.339 e. The fraction of sp³-hybridized carbons (Fsp3) is 0.176. The molecule has 21 heavy (non-hydrogen) atoms. The number of pyridine rings is 1. The van der Waals surface area contributed by atoms with Crippen molar-refractivity contribution in [3.63, 3.8) is 0 Å². The number of carbonyl (C=O) groups excluding carboxylic acids is 1. The Morgan fingerprint density at radius 3 is 3.10 bits per heavy atom. The van der Waals surface area contributed by atoms with Crippen LogP contribution in [0.4, 0.5) is 5.69 Å². The summed E-state index contributed by atoms with van der Waals surface area (Å²) in [4.78, 5) is 16.3. The first-order valence-electron chi connectivity index (χ1n) is 7.03. The predicted octanol–water partition coefficient (Wildman–Crippen LogP) is 3.49. The van der Waals surface area contributed by atoms with Gasteiger partial charge in [0.25, 0.3) is 0 Å². The third-order valence-corrected chi connectivity index (χ3v) is 3.89. The number of nitrogens with zero attached hydrogens (tertiary/aromatic N) is 1. The van der Waals surface area contributed by atoms with E-state index in [0.29, 0.717) is 12.2 Å². The largest absolute Gasteiger partial charge is 0.462 e. The van der Waals surface area contributed by atoms with Gasteiger partial charge in [-0.2, -0.15) is 0 Å². The van der Waals surface area contributed by atoms with E-state index in [1.165, 1.54) is 10.9 Å². The standard InChI is InChI=1S/C17H14N2O2/c1-2-21-17(20)11-6-13-12-4-3-5-14-16(12)10(8-18-14)7-15(13)19-9-11/h3-7,9,18H,2,8H2,1H3. The molecule has 4 rings (SSSR count). The number of hydrogen-bond acceptors (Lipinski definition) is 4. The molecule has 2 aromatic carbocycles. The summed E-state index contributed by atoms with van der Waals surface area (Å²) in [5, 5.41) is 6.74. The molecule has 2 heterocycles. The molecule has 0 saturated heterocycles. The molecule has 0 unspecified atom stereocenters. The van der Waals surface area contributed by atoms with Crippen LogP contribution < -0.4 is 5.32 Å². The van der Waals surface area contributed by atoms with E-state index in [4.69, 9.17) is 4.74 Å². The number of rotatable bonds is 2. The summed E-state index contributed by atoms with van der Waals surface area (Å²) in [5.41, 5.74) is 3.80. The molecular weight excluding hydrogens is 264 g/mol. The highest BCUT2D eigenvalue weighted by atomic mass is 16.5. The highest BCUT2D eigenvalue weighted by molar-refractivity contribution is 6.14. The van der Waals surface area contributed by atoms with Crippen molar-refractivity contribution in [1.82, 2.24) is 4.98 Å². The van der Waals surface area contributed by atoms with E-state index in [-0.39, 0.29) is 5.97 Å². The lowest BCUT2D eigenvalue weighted by Crippen LogP contribution is -2.05. The van der Waals surface area contributed by atoms with E-state index in [0.717, 1.165) is 28.5 Å². The Labute approximate surface area is 121 Å². The third-order valence-electron chi connectivity index (χ3n) is 3.89. The van der Waals surface area contributed by atoms with Gasteiger partial charge in [-0.3, -0.25) is 4.98 Å². The fourth-order valence-electron chi connectivity index (χ4n) is 2.97. The number of ether oxygens (including phenoxy) is 1. The van der Waals surface area contributed by atoms with Crippen LogP contribution in [-0.2, 0) is 11.3 Å². The van der Waals surface area contributed by atoms with E-state index < -0.39 is 0 Å². The second kappa shape index (κ2) is 4.45. The monoisotopic (exact) mass is 278 g/mol. The van der Waals surface area contributed by atoms with E-state index in [2.05, 4.69) is 28.5 Å². The Hall–Kier alpha value is -2.62. The van der Waals surface area contributed by atoms with Crippen molar-refractivity contribution in [2.24, 2.45) is 0 Å². The molecule has 0 atom stereocenters. The summed E-state index contributed by atoms with van der Waals surface area (Å²) in [6, 6.07) is 10.1. The van der Waals surface area contributed by atoms with Crippen LogP contribution in [0.1, 0.15) is 22.8 Å². The van der Waals surface area contributed by atoms with Crippen LogP contribution in [-0.4, -0.2) is 17.6 Å². The molecule has 104 valence electrons. The van der Waals surface area contributed by atoms with Crippen molar-refractivity contribution in [3.8, 4) is 0 Å². The average molecular weight is 278 g/mol. The summed E-state index contributed by atoms with van der Waals surface area (Å²) >= 11 is 0. The number of hydrogen-bond donors (Lipinski definition) is 1. The van der Waals surface area contributed by atoms with Gasteiger partial charge in [-0.25, -0.2) is 4.79 Å². The zero-order valence-corrected chi connectivity index (χ0v) is 11.6. The number of benzene rings is 2. The van der Waals surface area contributed by atoms with Gasteiger partial charge in [-0.1, -0.05) is 12.1 Å². The maximum absolute atomic E-state index is 11.9. The Bertz CT molecular complexity index is 887. The second-order valence-electron chi connectivity index (χ2n) is 5.13. The van der Waals surface area contributed by atoms with Gasteiger partial charge in [-0.15, -0.1) is 0 Å². The minimum Gasteiger partial charge on any atom is -0.462 e. The number of aromatic nitrogens is 1. The SMILES string of the molecule is CCOC(=O)c1cnc2cc3c4c(cccc4c2c1)NC3. The van der Waals surface area contributed by atoms with Crippen molar-refractivity contribution in [1.29, 1.82) is 0 Å². The smallest absolute Gasteiger partial charge is 0.339 e. The summed E-state index contributed by atoms with van der Waals surface area (Å²) < 4.78 is 5.06. The quantitative estimate of drug-likeness (QED) is 0.576. The van der Waals surface area contributed by atoms with E-state index in [1.54, 1.807) is 13.1 Å². The van der Waals surface area contributed by atoms with Crippen LogP contribution in [0.15, 0.2) is 36.5 Å². The van der Waals surface area contributed by atoms with Crippen molar-refractivity contribution in [2.45, 2.75) is 13.5 Å². The van der Waals surface area contributed by atoms with Gasteiger partial charge in [-0.05, 0) is 36.1 Å². The van der Waals surface area contributed by atoms with Crippen LogP contribution in [0, 0.1) is 0 Å². The van der Waals surface area contributed by atoms with Crippen LogP contribution in [0.3, 0.4) is 0 Å². The van der Waals surface area contributed by atoms with Crippen LogP contribution >= 0.6 is 0 Å². The molecule has 0 radical (unpaired) electrons. The maximum atomic E-state index is 11.9. The van der Waals surface area contributed by atoms with E-state index in [9.17, 15) is 4.79 Å². The van der Waals surface area contributed by atoms with Gasteiger partial charge >= 0.3 is 5.97 Å². The molecule has 0 saturated carbocycles. The lowest BCUT2D eigenvalue weighted by Gasteiger charge is -2.07. The first kappa shape index (κ1) is 12.1. The van der Waals surface area contributed by atoms with Gasteiger partial charge in [0.2, 0.25) is 0 Å². The predicted molar refractivity (Wildman–Crippen MR) is 82.5 cm³/mol. The molecule has 0 bridgehead atoms. The molecule has 1 aliphatic heterocycles. The molecule has 0 amide bonds. The summed E-state index contributed by atoms with van der Waals surface area (Å²) in [6.07, 6.45) is 1.59. The summed E-state index contributed by atoms with van der Waals surface area (Å²) in [7, 11) is 0. The zero-order valence-electron chi connectivity index (χ0n) is 11.6. The fourth-order valence-corrected chi connectivity index (χ4v) is 2.97. The molecule has 1 aliphatic rings. The Morgan fingerprint density at radius 2 is 2.24 bits per heavy atom. The number of anilines is 1. The van der Waals surface area contributed by atoms with Gasteiger partial charge in [0.1, 0.15) is 0 Å². The van der Waals surface area contributed by atoms with Crippen molar-refractivity contribution in [3.05, 3.63) is 47.7 Å². The van der Waals surface area contributed by atoms with E-state index in [1.807, 2.05) is 12.1 Å². The number of carbonyl (C=O) groups is 1. The van der Waals surface area contributed by atoms with Gasteiger partial charge in [0.05, 0.1) is 17.7 Å². The first-order chi connectivity index (χ1) is 10.3. The molecule has 0 aliphatic carbocycles. The third kappa shape index (κ3) is 1.76. The molecule has 3 aromatic rings. The number of esters is 1. The highest BCUT2D eigenvalue weighted by Crippen LogP contribution is 2.37. The summed E-state index contributed by atoms with van der Waals surface area (Å²) in [5.74, 6) is -0.326. The van der Waals surface area contributed by atoms with Crippen LogP contribution in [0.5, 0.6) is 0 Å². The molecule has 1 N–H and O–H groups in total. The molecular formula is C17H14N2O2. The Kier molecular flexibility index (Phi) is 2.57. The van der Waals surface area contributed by atoms with Crippen LogP contribution in [0.25, 0.3) is 21.7 Å². The number of fused-ring (bicyclic) bond motifs is 2. The molecule has 4 nitrogen and oxygen atoms in total. The topological polar surface area (TPSA) is 51.2 Å². The Balaban J connectivity index is 2.02. The lowest BCUT2D eigenvalue weighted by molar-refractivity contribution is 0.0526. The van der Waals surface area contributed by atoms with Crippen molar-refractivity contribution >= 4 is 33.3 Å².